The molecule has 0 bridgehead atoms. The fourth-order valence-electron chi connectivity index (χ4n) is 1.96. The Balaban J connectivity index is 2.04. The molecule has 0 saturated heterocycles. The topological polar surface area (TPSA) is 46.1 Å². The molecule has 1 saturated carbocycles. The third-order valence-corrected chi connectivity index (χ3v) is 3.39. The van der Waals surface area contributed by atoms with Gasteiger partial charge in [-0.25, -0.2) is 9.97 Å². The standard InChI is InChI=1S/C11H14BrN3O/c1-15(9-2-4-10(16)5-3-9)11-13-6-8(12)7-14-11/h6-7,9H,2-5H2,1H3. The molecule has 5 heteroatoms. The van der Waals surface area contributed by atoms with E-state index in [1.807, 2.05) is 7.05 Å². The molecule has 86 valence electrons. The summed E-state index contributed by atoms with van der Waals surface area (Å²) in [4.78, 5) is 21.7. The Morgan fingerprint density at radius 1 is 1.31 bits per heavy atom. The van der Waals surface area contributed by atoms with Crippen LogP contribution < -0.4 is 4.90 Å². The summed E-state index contributed by atoms with van der Waals surface area (Å²) in [6.45, 7) is 0. The van der Waals surface area contributed by atoms with E-state index in [0.29, 0.717) is 24.7 Å². The smallest absolute Gasteiger partial charge is 0.225 e. The molecule has 0 spiro atoms. The monoisotopic (exact) mass is 283 g/mol. The summed E-state index contributed by atoms with van der Waals surface area (Å²) >= 11 is 3.31. The van der Waals surface area contributed by atoms with E-state index in [4.69, 9.17) is 0 Å². The number of carbonyl (C=O) groups excluding carboxylic acids is 1. The van der Waals surface area contributed by atoms with Gasteiger partial charge in [0.15, 0.2) is 0 Å². The van der Waals surface area contributed by atoms with Crippen LogP contribution in [0.2, 0.25) is 0 Å². The summed E-state index contributed by atoms with van der Waals surface area (Å²) in [6.07, 6.45) is 6.68. The van der Waals surface area contributed by atoms with E-state index in [9.17, 15) is 4.79 Å². The molecule has 1 aliphatic rings. The fourth-order valence-corrected chi connectivity index (χ4v) is 2.17. The molecule has 2 rings (SSSR count). The number of hydrogen-bond donors (Lipinski definition) is 0. The van der Waals surface area contributed by atoms with Gasteiger partial charge in [-0.2, -0.15) is 0 Å². The van der Waals surface area contributed by atoms with Crippen LogP contribution in [-0.4, -0.2) is 28.8 Å². The minimum atomic E-state index is 0.376. The highest BCUT2D eigenvalue weighted by Crippen LogP contribution is 2.22. The van der Waals surface area contributed by atoms with Crippen molar-refractivity contribution in [1.82, 2.24) is 9.97 Å². The van der Waals surface area contributed by atoms with E-state index in [-0.39, 0.29) is 0 Å². The molecule has 4 nitrogen and oxygen atoms in total. The van der Waals surface area contributed by atoms with Crippen molar-refractivity contribution in [1.29, 1.82) is 0 Å². The number of rotatable bonds is 2. The molecule has 0 unspecified atom stereocenters. The Morgan fingerprint density at radius 3 is 2.44 bits per heavy atom. The molecular weight excluding hydrogens is 270 g/mol. The summed E-state index contributed by atoms with van der Waals surface area (Å²) in [6, 6.07) is 0.388. The van der Waals surface area contributed by atoms with Gasteiger partial charge < -0.3 is 4.90 Å². The van der Waals surface area contributed by atoms with Gasteiger partial charge in [0.05, 0.1) is 4.47 Å². The van der Waals surface area contributed by atoms with Gasteiger partial charge in [0.1, 0.15) is 5.78 Å². The average molecular weight is 284 g/mol. The zero-order chi connectivity index (χ0) is 11.5. The maximum Gasteiger partial charge on any atom is 0.225 e. The van der Waals surface area contributed by atoms with Crippen molar-refractivity contribution < 1.29 is 4.79 Å². The number of ketones is 1. The highest BCUT2D eigenvalue weighted by molar-refractivity contribution is 9.10. The largest absolute Gasteiger partial charge is 0.341 e. The second-order valence-corrected chi connectivity index (χ2v) is 5.00. The molecule has 1 aliphatic carbocycles. The maximum absolute atomic E-state index is 11.2. The van der Waals surface area contributed by atoms with Gasteiger partial charge in [0.25, 0.3) is 0 Å². The summed E-state index contributed by atoms with van der Waals surface area (Å²) in [5, 5.41) is 0. The lowest BCUT2D eigenvalue weighted by Gasteiger charge is -2.30. The van der Waals surface area contributed by atoms with Crippen molar-refractivity contribution in [3.05, 3.63) is 16.9 Å². The van der Waals surface area contributed by atoms with Crippen molar-refractivity contribution in [2.75, 3.05) is 11.9 Å². The van der Waals surface area contributed by atoms with Gasteiger partial charge >= 0.3 is 0 Å². The third-order valence-electron chi connectivity index (χ3n) is 2.98. The molecule has 0 atom stereocenters. The van der Waals surface area contributed by atoms with Gasteiger partial charge in [0.2, 0.25) is 5.95 Å². The summed E-state index contributed by atoms with van der Waals surface area (Å²) in [7, 11) is 1.99. The van der Waals surface area contributed by atoms with Crippen molar-refractivity contribution in [3.63, 3.8) is 0 Å². The number of Topliss-reactive ketones (excluding diaryl/α,β-unsaturated/α-hetero) is 1. The minimum Gasteiger partial charge on any atom is -0.341 e. The number of nitrogens with zero attached hydrogens (tertiary/aromatic N) is 3. The normalized spacial score (nSPS) is 17.5. The number of carbonyl (C=O) groups is 1. The van der Waals surface area contributed by atoms with Crippen LogP contribution in [0.1, 0.15) is 25.7 Å². The van der Waals surface area contributed by atoms with E-state index in [2.05, 4.69) is 30.8 Å². The Kier molecular flexibility index (Phi) is 3.53. The number of aromatic nitrogens is 2. The third kappa shape index (κ3) is 2.58. The van der Waals surface area contributed by atoms with Gasteiger partial charge in [-0.1, -0.05) is 0 Å². The Labute approximate surface area is 103 Å². The molecule has 0 radical (unpaired) electrons. The average Bonchev–Trinajstić information content (AvgIpc) is 2.30. The first kappa shape index (κ1) is 11.5. The first-order valence-electron chi connectivity index (χ1n) is 5.39. The first-order chi connectivity index (χ1) is 7.66. The molecular formula is C11H14BrN3O. The zero-order valence-corrected chi connectivity index (χ0v) is 10.8. The first-order valence-corrected chi connectivity index (χ1v) is 6.18. The predicted molar refractivity (Wildman–Crippen MR) is 65.4 cm³/mol. The SMILES string of the molecule is CN(c1ncc(Br)cn1)C1CCC(=O)CC1. The van der Waals surface area contributed by atoms with Gasteiger partial charge in [-0.15, -0.1) is 0 Å². The molecule has 0 amide bonds. The van der Waals surface area contributed by atoms with Crippen LogP contribution in [0.25, 0.3) is 0 Å². The molecule has 0 N–H and O–H groups in total. The summed E-state index contributed by atoms with van der Waals surface area (Å²) in [5.41, 5.74) is 0. The minimum absolute atomic E-state index is 0.376. The van der Waals surface area contributed by atoms with Gasteiger partial charge in [0, 0.05) is 38.3 Å². The van der Waals surface area contributed by atoms with Crippen LogP contribution in [0, 0.1) is 0 Å². The summed E-state index contributed by atoms with van der Waals surface area (Å²) in [5.74, 6) is 1.10. The van der Waals surface area contributed by atoms with Gasteiger partial charge in [-0.3, -0.25) is 4.79 Å². The van der Waals surface area contributed by atoms with E-state index >= 15 is 0 Å². The number of hydrogen-bond acceptors (Lipinski definition) is 4. The fraction of sp³-hybridized carbons (Fsp3) is 0.545. The van der Waals surface area contributed by atoms with E-state index < -0.39 is 0 Å². The predicted octanol–water partition coefficient (Wildman–Crippen LogP) is 2.19. The molecule has 1 aromatic heterocycles. The Bertz CT molecular complexity index is 369. The van der Waals surface area contributed by atoms with E-state index in [1.165, 1.54) is 0 Å². The Morgan fingerprint density at radius 2 is 1.88 bits per heavy atom. The Hall–Kier alpha value is -0.970. The highest BCUT2D eigenvalue weighted by Gasteiger charge is 2.23. The van der Waals surface area contributed by atoms with E-state index in [1.54, 1.807) is 12.4 Å². The lowest BCUT2D eigenvalue weighted by molar-refractivity contribution is -0.120. The van der Waals surface area contributed by atoms with Crippen molar-refractivity contribution >= 4 is 27.7 Å². The molecule has 0 aromatic carbocycles. The molecule has 1 heterocycles. The van der Waals surface area contributed by atoms with Crippen LogP contribution in [0.4, 0.5) is 5.95 Å². The quantitative estimate of drug-likeness (QED) is 0.835. The second-order valence-electron chi connectivity index (χ2n) is 4.08. The van der Waals surface area contributed by atoms with Crippen molar-refractivity contribution in [2.24, 2.45) is 0 Å². The molecule has 1 fully saturated rings. The van der Waals surface area contributed by atoms with E-state index in [0.717, 1.165) is 23.3 Å². The highest BCUT2D eigenvalue weighted by atomic mass is 79.9. The lowest BCUT2D eigenvalue weighted by atomic mass is 9.94. The van der Waals surface area contributed by atoms with Crippen LogP contribution >= 0.6 is 15.9 Å². The summed E-state index contributed by atoms with van der Waals surface area (Å²) < 4.78 is 0.878. The van der Waals surface area contributed by atoms with Crippen LogP contribution in [0.5, 0.6) is 0 Å². The van der Waals surface area contributed by atoms with Crippen LogP contribution in [-0.2, 0) is 4.79 Å². The van der Waals surface area contributed by atoms with Crippen molar-refractivity contribution in [3.8, 4) is 0 Å². The lowest BCUT2D eigenvalue weighted by Crippen LogP contribution is -2.36. The zero-order valence-electron chi connectivity index (χ0n) is 9.19. The van der Waals surface area contributed by atoms with Gasteiger partial charge in [-0.05, 0) is 28.8 Å². The molecule has 1 aromatic rings. The van der Waals surface area contributed by atoms with Crippen molar-refractivity contribution in [2.45, 2.75) is 31.7 Å². The molecule has 16 heavy (non-hydrogen) atoms. The van der Waals surface area contributed by atoms with Crippen LogP contribution in [0.15, 0.2) is 16.9 Å². The van der Waals surface area contributed by atoms with Crippen LogP contribution in [0.3, 0.4) is 0 Å². The maximum atomic E-state index is 11.2. The molecule has 0 aliphatic heterocycles. The second kappa shape index (κ2) is 4.91. The number of halogens is 1. The number of anilines is 1.